The second-order valence-corrected chi connectivity index (χ2v) is 10.6. The fourth-order valence-corrected chi connectivity index (χ4v) is 5.94. The van der Waals surface area contributed by atoms with E-state index in [1.54, 1.807) is 31.4 Å². The number of fused-ring (bicyclic) bond motifs is 1. The molecule has 0 atom stereocenters. The van der Waals surface area contributed by atoms with Gasteiger partial charge in [0.25, 0.3) is 17.7 Å². The molecule has 1 saturated heterocycles. The molecule has 10 heteroatoms. The van der Waals surface area contributed by atoms with E-state index in [1.807, 2.05) is 0 Å². The van der Waals surface area contributed by atoms with Crippen molar-refractivity contribution >= 4 is 27.7 Å². The number of nitrogens with zero attached hydrogens (tertiary/aromatic N) is 2. The smallest absolute Gasteiger partial charge is 0.261 e. The van der Waals surface area contributed by atoms with Crippen molar-refractivity contribution in [2.75, 3.05) is 33.4 Å². The van der Waals surface area contributed by atoms with Crippen LogP contribution in [0, 0.1) is 0 Å². The molecule has 186 valence electrons. The molecule has 0 aromatic heterocycles. The summed E-state index contributed by atoms with van der Waals surface area (Å²) in [6, 6.07) is 11.0. The van der Waals surface area contributed by atoms with Crippen LogP contribution in [0.4, 0.5) is 0 Å². The first-order chi connectivity index (χ1) is 16.8. The fourth-order valence-electron chi connectivity index (χ4n) is 4.36. The van der Waals surface area contributed by atoms with Crippen molar-refractivity contribution in [3.05, 3.63) is 64.7 Å². The number of hydrogen-bond donors (Lipinski definition) is 1. The van der Waals surface area contributed by atoms with Crippen molar-refractivity contribution in [2.45, 2.75) is 37.1 Å². The maximum absolute atomic E-state index is 12.9. The lowest BCUT2D eigenvalue weighted by molar-refractivity contribution is 0.0638. The predicted octanol–water partition coefficient (Wildman–Crippen LogP) is 2.42. The summed E-state index contributed by atoms with van der Waals surface area (Å²) >= 11 is 0. The molecule has 0 unspecified atom stereocenters. The Hall–Kier alpha value is -3.08. The van der Waals surface area contributed by atoms with Crippen LogP contribution in [0.2, 0.25) is 0 Å². The zero-order valence-electron chi connectivity index (χ0n) is 19.7. The van der Waals surface area contributed by atoms with E-state index in [9.17, 15) is 22.8 Å². The van der Waals surface area contributed by atoms with Crippen LogP contribution in [0.5, 0.6) is 0 Å². The Labute approximate surface area is 205 Å². The average molecular weight is 500 g/mol. The number of piperidine rings is 1. The lowest BCUT2D eigenvalue weighted by Crippen LogP contribution is -2.35. The van der Waals surface area contributed by atoms with Gasteiger partial charge in [-0.25, -0.2) is 8.42 Å². The quantitative estimate of drug-likeness (QED) is 0.419. The monoisotopic (exact) mass is 499 g/mol. The molecule has 2 aromatic carbocycles. The third-order valence-corrected chi connectivity index (χ3v) is 8.16. The van der Waals surface area contributed by atoms with Gasteiger partial charge >= 0.3 is 0 Å². The third-order valence-electron chi connectivity index (χ3n) is 6.27. The summed E-state index contributed by atoms with van der Waals surface area (Å²) in [5.74, 6) is -1.22. The van der Waals surface area contributed by atoms with Crippen molar-refractivity contribution in [1.29, 1.82) is 0 Å². The Morgan fingerprint density at radius 3 is 2.49 bits per heavy atom. The van der Waals surface area contributed by atoms with Crippen molar-refractivity contribution in [2.24, 2.45) is 0 Å². The topological polar surface area (TPSA) is 113 Å². The standard InChI is InChI=1S/C25H29N3O6S/c1-34-14-6-13-28-24(30)21-10-9-19(16-22(21)25(28)31)23(29)26-17-18-7-5-8-20(15-18)35(32,33)27-11-3-2-4-12-27/h5,7-10,15-16H,2-4,6,11-14,17H2,1H3,(H,26,29). The van der Waals surface area contributed by atoms with E-state index in [-0.39, 0.29) is 40.6 Å². The van der Waals surface area contributed by atoms with Gasteiger partial charge in [0.05, 0.1) is 16.0 Å². The van der Waals surface area contributed by atoms with Gasteiger partial charge in [-0.2, -0.15) is 4.31 Å². The maximum atomic E-state index is 12.9. The van der Waals surface area contributed by atoms with Crippen molar-refractivity contribution in [1.82, 2.24) is 14.5 Å². The van der Waals surface area contributed by atoms with Crippen molar-refractivity contribution in [3.63, 3.8) is 0 Å². The van der Waals surface area contributed by atoms with E-state index in [0.29, 0.717) is 31.7 Å². The first-order valence-electron chi connectivity index (χ1n) is 11.7. The highest BCUT2D eigenvalue weighted by Crippen LogP contribution is 2.25. The molecular formula is C25H29N3O6S. The number of imide groups is 1. The van der Waals surface area contributed by atoms with Crippen LogP contribution in [-0.2, 0) is 21.3 Å². The number of benzene rings is 2. The number of methoxy groups -OCH3 is 1. The zero-order valence-corrected chi connectivity index (χ0v) is 20.5. The van der Waals surface area contributed by atoms with Gasteiger partial charge in [-0.05, 0) is 55.2 Å². The van der Waals surface area contributed by atoms with Crippen molar-refractivity contribution < 1.29 is 27.5 Å². The van der Waals surface area contributed by atoms with Crippen molar-refractivity contribution in [3.8, 4) is 0 Å². The molecule has 0 spiro atoms. The minimum Gasteiger partial charge on any atom is -0.385 e. The molecule has 9 nitrogen and oxygen atoms in total. The summed E-state index contributed by atoms with van der Waals surface area (Å²) < 4.78 is 32.4. The first kappa shape index (κ1) is 25.0. The molecule has 3 amide bonds. The molecule has 35 heavy (non-hydrogen) atoms. The zero-order chi connectivity index (χ0) is 25.0. The van der Waals surface area contributed by atoms with Crippen LogP contribution >= 0.6 is 0 Å². The molecule has 0 saturated carbocycles. The van der Waals surface area contributed by atoms with Gasteiger partial charge < -0.3 is 10.1 Å². The molecular weight excluding hydrogens is 470 g/mol. The Morgan fingerprint density at radius 1 is 1.00 bits per heavy atom. The van der Waals surface area contributed by atoms with Gasteiger partial charge in [-0.15, -0.1) is 0 Å². The van der Waals surface area contributed by atoms with Gasteiger partial charge in [0.2, 0.25) is 10.0 Å². The Morgan fingerprint density at radius 2 is 1.74 bits per heavy atom. The summed E-state index contributed by atoms with van der Waals surface area (Å²) in [6.07, 6.45) is 3.28. The first-order valence-corrected chi connectivity index (χ1v) is 13.1. The van der Waals surface area contributed by atoms with E-state index in [2.05, 4.69) is 5.32 Å². The molecule has 2 aliphatic rings. The molecule has 0 aliphatic carbocycles. The highest BCUT2D eigenvalue weighted by atomic mass is 32.2. The largest absolute Gasteiger partial charge is 0.385 e. The van der Waals surface area contributed by atoms with Crippen LogP contribution in [-0.4, -0.2) is 68.7 Å². The number of sulfonamides is 1. The van der Waals surface area contributed by atoms with E-state index in [4.69, 9.17) is 4.74 Å². The number of carbonyl (C=O) groups excluding carboxylic acids is 3. The molecule has 2 aromatic rings. The highest BCUT2D eigenvalue weighted by molar-refractivity contribution is 7.89. The minimum atomic E-state index is -3.57. The van der Waals surface area contributed by atoms with Crippen LogP contribution in [0.25, 0.3) is 0 Å². The van der Waals surface area contributed by atoms with E-state index >= 15 is 0 Å². The molecule has 0 bridgehead atoms. The predicted molar refractivity (Wildman–Crippen MR) is 129 cm³/mol. The Balaban J connectivity index is 1.43. The fraction of sp³-hybridized carbons (Fsp3) is 0.400. The Kier molecular flexibility index (Phi) is 7.63. The van der Waals surface area contributed by atoms with Gasteiger partial charge in [0.15, 0.2) is 0 Å². The molecule has 1 N–H and O–H groups in total. The summed E-state index contributed by atoms with van der Waals surface area (Å²) in [4.78, 5) is 39.4. The van der Waals surface area contributed by atoms with Crippen LogP contribution in [0.1, 0.15) is 62.3 Å². The summed E-state index contributed by atoms with van der Waals surface area (Å²) in [7, 11) is -2.02. The summed E-state index contributed by atoms with van der Waals surface area (Å²) in [6.45, 7) is 1.84. The second-order valence-electron chi connectivity index (χ2n) is 8.66. The van der Waals surface area contributed by atoms with Crippen LogP contribution in [0.3, 0.4) is 0 Å². The van der Waals surface area contributed by atoms with Crippen LogP contribution in [0.15, 0.2) is 47.4 Å². The highest BCUT2D eigenvalue weighted by Gasteiger charge is 2.35. The number of carbonyl (C=O) groups is 3. The number of amides is 3. The van der Waals surface area contributed by atoms with Gasteiger partial charge in [0, 0.05) is 45.5 Å². The van der Waals surface area contributed by atoms with E-state index < -0.39 is 21.8 Å². The van der Waals surface area contributed by atoms with Gasteiger partial charge in [0.1, 0.15) is 0 Å². The Bertz CT molecular complexity index is 1240. The molecule has 4 rings (SSSR count). The number of nitrogens with one attached hydrogen (secondary N) is 1. The maximum Gasteiger partial charge on any atom is 0.261 e. The van der Waals surface area contributed by atoms with Gasteiger partial charge in [-0.1, -0.05) is 18.6 Å². The summed E-state index contributed by atoms with van der Waals surface area (Å²) in [5, 5.41) is 2.77. The van der Waals surface area contributed by atoms with Gasteiger partial charge in [-0.3, -0.25) is 19.3 Å². The molecule has 1 fully saturated rings. The molecule has 2 aliphatic heterocycles. The number of rotatable bonds is 9. The SMILES string of the molecule is COCCCN1C(=O)c2ccc(C(=O)NCc3cccc(S(=O)(=O)N4CCCCC4)c3)cc2C1=O. The lowest BCUT2D eigenvalue weighted by atomic mass is 10.1. The second kappa shape index (κ2) is 10.7. The van der Waals surface area contributed by atoms with Crippen LogP contribution < -0.4 is 5.32 Å². The average Bonchev–Trinajstić information content (AvgIpc) is 3.12. The number of hydrogen-bond acceptors (Lipinski definition) is 6. The molecule has 2 heterocycles. The third kappa shape index (κ3) is 5.29. The molecule has 0 radical (unpaired) electrons. The van der Waals surface area contributed by atoms with E-state index in [1.165, 1.54) is 27.4 Å². The summed E-state index contributed by atoms with van der Waals surface area (Å²) in [5.41, 5.74) is 1.38. The van der Waals surface area contributed by atoms with E-state index in [0.717, 1.165) is 19.3 Å². The minimum absolute atomic E-state index is 0.120. The lowest BCUT2D eigenvalue weighted by Gasteiger charge is -2.26. The normalized spacial score (nSPS) is 16.4. The number of ether oxygens (including phenoxy) is 1.